The van der Waals surface area contributed by atoms with Crippen molar-refractivity contribution in [1.82, 2.24) is 0 Å². The van der Waals surface area contributed by atoms with Crippen LogP contribution in [0.4, 0.5) is 0 Å². The highest BCUT2D eigenvalue weighted by Crippen LogP contribution is 2.49. The van der Waals surface area contributed by atoms with E-state index in [1.807, 2.05) is 11.6 Å². The summed E-state index contributed by atoms with van der Waals surface area (Å²) in [6, 6.07) is 11.1. The van der Waals surface area contributed by atoms with Crippen LogP contribution in [-0.4, -0.2) is 0 Å². The lowest BCUT2D eigenvalue weighted by molar-refractivity contribution is -0.659. The van der Waals surface area contributed by atoms with Gasteiger partial charge in [-0.05, 0) is 78.1 Å². The third-order valence-electron chi connectivity index (χ3n) is 6.03. The zero-order chi connectivity index (χ0) is 22.2. The van der Waals surface area contributed by atoms with E-state index in [0.29, 0.717) is 5.92 Å². The molecule has 29 heavy (non-hydrogen) atoms. The number of aryl methyl sites for hydroxylation is 3. The fourth-order valence-corrected chi connectivity index (χ4v) is 4.84. The largest absolute Gasteiger partial charge is 0.456 e. The van der Waals surface area contributed by atoms with Gasteiger partial charge in [0.05, 0.1) is 12.3 Å². The Kier molecular flexibility index (Phi) is 3.48. The lowest BCUT2D eigenvalue weighted by Gasteiger charge is -2.23. The summed E-state index contributed by atoms with van der Waals surface area (Å²) in [4.78, 5) is 0. The van der Waals surface area contributed by atoms with Gasteiger partial charge in [0.15, 0.2) is 6.17 Å². The molecule has 0 aliphatic carbocycles. The zero-order valence-corrected chi connectivity index (χ0v) is 18.0. The highest BCUT2D eigenvalue weighted by atomic mass is 16.5. The van der Waals surface area contributed by atoms with Gasteiger partial charge >= 0.3 is 0 Å². The number of hydrogen-bond acceptors (Lipinski definition) is 1. The zero-order valence-electron chi connectivity index (χ0n) is 20.0. The van der Waals surface area contributed by atoms with Crippen molar-refractivity contribution in [2.24, 2.45) is 13.0 Å². The molecule has 2 nitrogen and oxygen atoms in total. The van der Waals surface area contributed by atoms with E-state index in [1.165, 1.54) is 21.9 Å². The van der Waals surface area contributed by atoms with Gasteiger partial charge in [0.2, 0.25) is 5.69 Å². The number of pyridine rings is 1. The first-order valence-electron chi connectivity index (χ1n) is 11.4. The summed E-state index contributed by atoms with van der Waals surface area (Å²) in [5.74, 6) is 2.13. The molecule has 146 valence electrons. The number of fused-ring (bicyclic) bond motifs is 3. The number of ether oxygens (including phenoxy) is 1. The van der Waals surface area contributed by atoms with Crippen molar-refractivity contribution in [1.29, 1.82) is 0 Å². The van der Waals surface area contributed by atoms with E-state index in [1.54, 1.807) is 0 Å². The molecular weight excluding hydrogens is 354 g/mol. The Labute approximate surface area is 175 Å². The standard InChI is InChI=1S/C27H28NO/c1-15(2)9-19-12-20-7-8-28(6)27-25-18(5)22-11-16(3)10-17(4)21(22)14-24(25)29-23(13-19)26(20)27/h7-8,10-15H,9H2,1-6H3/q+1/i7D,8D. The lowest BCUT2D eigenvalue weighted by atomic mass is 9.89. The van der Waals surface area contributed by atoms with Crippen molar-refractivity contribution in [3.63, 3.8) is 0 Å². The quantitative estimate of drug-likeness (QED) is 0.308. The number of nitrogens with zero attached hydrogens (tertiary/aromatic N) is 1. The van der Waals surface area contributed by atoms with Crippen LogP contribution in [0.5, 0.6) is 11.5 Å². The van der Waals surface area contributed by atoms with Crippen LogP contribution in [0.15, 0.2) is 42.5 Å². The summed E-state index contributed by atoms with van der Waals surface area (Å²) in [5, 5.41) is 4.16. The fourth-order valence-electron chi connectivity index (χ4n) is 4.84. The molecule has 0 spiro atoms. The van der Waals surface area contributed by atoms with Gasteiger partial charge in [-0.1, -0.05) is 37.6 Å². The molecule has 1 aromatic heterocycles. The minimum atomic E-state index is 0.225. The van der Waals surface area contributed by atoms with Crippen LogP contribution in [0, 0.1) is 26.7 Å². The third-order valence-corrected chi connectivity index (χ3v) is 6.03. The van der Waals surface area contributed by atoms with Crippen LogP contribution in [0.25, 0.3) is 32.8 Å². The van der Waals surface area contributed by atoms with Gasteiger partial charge in [-0.3, -0.25) is 0 Å². The predicted octanol–water partition coefficient (Wildman–Crippen LogP) is 6.71. The van der Waals surface area contributed by atoms with Gasteiger partial charge in [-0.15, -0.1) is 0 Å². The molecule has 0 atom stereocenters. The van der Waals surface area contributed by atoms with Crippen molar-refractivity contribution in [3.8, 4) is 22.8 Å². The van der Waals surface area contributed by atoms with Crippen LogP contribution in [-0.2, 0) is 13.5 Å². The Balaban J connectivity index is 1.95. The topological polar surface area (TPSA) is 13.1 Å². The molecule has 0 fully saturated rings. The first kappa shape index (κ1) is 16.0. The molecule has 2 heteroatoms. The van der Waals surface area contributed by atoms with E-state index < -0.39 is 0 Å². The molecule has 0 unspecified atom stereocenters. The average molecular weight is 385 g/mol. The van der Waals surface area contributed by atoms with Crippen LogP contribution in [0.2, 0.25) is 0 Å². The maximum Gasteiger partial charge on any atom is 0.228 e. The van der Waals surface area contributed by atoms with Crippen molar-refractivity contribution >= 4 is 21.5 Å². The van der Waals surface area contributed by atoms with Crippen LogP contribution in [0.1, 0.15) is 38.8 Å². The molecule has 1 aliphatic rings. The summed E-state index contributed by atoms with van der Waals surface area (Å²) >= 11 is 0. The Morgan fingerprint density at radius 3 is 2.55 bits per heavy atom. The summed E-state index contributed by atoms with van der Waals surface area (Å²) in [5.41, 5.74) is 6.79. The summed E-state index contributed by atoms with van der Waals surface area (Å²) in [6.07, 6.45) is 1.14. The van der Waals surface area contributed by atoms with E-state index in [0.717, 1.165) is 51.1 Å². The molecule has 0 bridgehead atoms. The molecule has 0 saturated heterocycles. The average Bonchev–Trinajstić information content (AvgIpc) is 2.69. The third kappa shape index (κ3) is 2.73. The van der Waals surface area contributed by atoms with Crippen molar-refractivity contribution in [2.45, 2.75) is 41.0 Å². The fraction of sp³-hybridized carbons (Fsp3) is 0.296. The summed E-state index contributed by atoms with van der Waals surface area (Å²) in [6.45, 7) is 10.8. The van der Waals surface area contributed by atoms with Gasteiger partial charge in [0.25, 0.3) is 0 Å². The minimum absolute atomic E-state index is 0.225. The summed E-state index contributed by atoms with van der Waals surface area (Å²) in [7, 11) is 1.89. The van der Waals surface area contributed by atoms with Gasteiger partial charge in [-0.2, -0.15) is 0 Å². The Morgan fingerprint density at radius 2 is 1.79 bits per heavy atom. The molecule has 2 heterocycles. The molecule has 1 aliphatic heterocycles. The second-order valence-electron chi connectivity index (χ2n) is 8.91. The van der Waals surface area contributed by atoms with Gasteiger partial charge < -0.3 is 4.74 Å². The lowest BCUT2D eigenvalue weighted by Crippen LogP contribution is -2.31. The highest BCUT2D eigenvalue weighted by Gasteiger charge is 2.30. The van der Waals surface area contributed by atoms with Crippen molar-refractivity contribution < 1.29 is 12.0 Å². The SMILES string of the molecule is [2H]c1c([2H])[n+](C)c2c3c(cc(CC(C)C)cc13)Oc1cc3c(C)cc(C)cc3c(C)c1-2. The van der Waals surface area contributed by atoms with Crippen molar-refractivity contribution in [2.75, 3.05) is 0 Å². The van der Waals surface area contributed by atoms with Gasteiger partial charge in [-0.25, -0.2) is 4.57 Å². The van der Waals surface area contributed by atoms with Crippen LogP contribution >= 0.6 is 0 Å². The van der Waals surface area contributed by atoms with E-state index >= 15 is 0 Å². The predicted molar refractivity (Wildman–Crippen MR) is 121 cm³/mol. The first-order valence-corrected chi connectivity index (χ1v) is 10.4. The first-order chi connectivity index (χ1) is 14.7. The Hall–Kier alpha value is -2.87. The van der Waals surface area contributed by atoms with E-state index in [2.05, 4.69) is 65.0 Å². The van der Waals surface area contributed by atoms with Crippen LogP contribution in [0.3, 0.4) is 0 Å². The maximum absolute atomic E-state index is 8.66. The van der Waals surface area contributed by atoms with Crippen LogP contribution < -0.4 is 9.30 Å². The molecular formula is C27H28NO+. The molecule has 4 aromatic rings. The van der Waals surface area contributed by atoms with E-state index in [-0.39, 0.29) is 12.2 Å². The molecule has 3 aromatic carbocycles. The molecule has 0 amide bonds. The smallest absolute Gasteiger partial charge is 0.228 e. The molecule has 0 N–H and O–H groups in total. The van der Waals surface area contributed by atoms with Crippen molar-refractivity contribution in [3.05, 3.63) is 64.8 Å². The normalized spacial score (nSPS) is 13.5. The molecule has 5 rings (SSSR count). The molecule has 0 saturated carbocycles. The highest BCUT2D eigenvalue weighted by molar-refractivity contribution is 6.06. The van der Waals surface area contributed by atoms with E-state index in [4.69, 9.17) is 7.48 Å². The van der Waals surface area contributed by atoms with Gasteiger partial charge in [0, 0.05) is 6.04 Å². The Bertz CT molecular complexity index is 1420. The second-order valence-corrected chi connectivity index (χ2v) is 8.91. The monoisotopic (exact) mass is 384 g/mol. The van der Waals surface area contributed by atoms with Gasteiger partial charge in [0.1, 0.15) is 19.9 Å². The number of benzene rings is 3. The number of aromatic nitrogens is 1. The molecule has 0 radical (unpaired) electrons. The number of hydrogen-bond donors (Lipinski definition) is 0. The summed E-state index contributed by atoms with van der Waals surface area (Å²) < 4.78 is 25.7. The second kappa shape index (κ2) is 6.32. The maximum atomic E-state index is 8.66. The Morgan fingerprint density at radius 1 is 1.00 bits per heavy atom. The number of rotatable bonds is 2. The van der Waals surface area contributed by atoms with E-state index in [9.17, 15) is 0 Å². The minimum Gasteiger partial charge on any atom is -0.456 e.